The maximum absolute atomic E-state index is 5.65. The van der Waals surface area contributed by atoms with Gasteiger partial charge in [0.05, 0.1) is 6.04 Å². The highest BCUT2D eigenvalue weighted by atomic mass is 32.1. The van der Waals surface area contributed by atoms with Gasteiger partial charge in [-0.3, -0.25) is 4.90 Å². The van der Waals surface area contributed by atoms with Crippen molar-refractivity contribution < 1.29 is 0 Å². The van der Waals surface area contributed by atoms with Crippen molar-refractivity contribution in [2.75, 3.05) is 18.8 Å². The number of hydrogen-bond donors (Lipinski definition) is 1. The molecular formula is C11H16N6S. The number of rotatable bonds is 3. The van der Waals surface area contributed by atoms with E-state index in [1.165, 1.54) is 17.7 Å². The van der Waals surface area contributed by atoms with Crippen molar-refractivity contribution in [2.24, 2.45) is 0 Å². The van der Waals surface area contributed by atoms with E-state index in [1.807, 2.05) is 10.9 Å². The highest BCUT2D eigenvalue weighted by Gasteiger charge is 2.22. The molecule has 0 bridgehead atoms. The molecule has 0 radical (unpaired) electrons. The van der Waals surface area contributed by atoms with Crippen LogP contribution in [0.1, 0.15) is 23.8 Å². The molecule has 0 spiro atoms. The van der Waals surface area contributed by atoms with Gasteiger partial charge < -0.3 is 5.73 Å². The first kappa shape index (κ1) is 11.6. The van der Waals surface area contributed by atoms with Crippen LogP contribution in [0.25, 0.3) is 0 Å². The van der Waals surface area contributed by atoms with Gasteiger partial charge in [-0.2, -0.15) is 5.10 Å². The van der Waals surface area contributed by atoms with Crippen molar-refractivity contribution in [3.63, 3.8) is 0 Å². The molecule has 0 aromatic carbocycles. The maximum atomic E-state index is 5.65. The van der Waals surface area contributed by atoms with Gasteiger partial charge in [0.2, 0.25) is 0 Å². The van der Waals surface area contributed by atoms with Gasteiger partial charge in [0, 0.05) is 24.2 Å². The number of thiazole rings is 1. The Kier molecular flexibility index (Phi) is 3.24. The van der Waals surface area contributed by atoms with E-state index in [-0.39, 0.29) is 0 Å². The van der Waals surface area contributed by atoms with Crippen LogP contribution in [-0.2, 0) is 6.54 Å². The molecule has 1 aliphatic rings. The molecule has 1 aliphatic heterocycles. The molecule has 2 aromatic heterocycles. The van der Waals surface area contributed by atoms with E-state index < -0.39 is 0 Å². The molecule has 2 N–H and O–H groups in total. The van der Waals surface area contributed by atoms with Crippen LogP contribution in [0.3, 0.4) is 0 Å². The van der Waals surface area contributed by atoms with Crippen molar-refractivity contribution in [2.45, 2.75) is 25.4 Å². The van der Waals surface area contributed by atoms with Gasteiger partial charge in [0.15, 0.2) is 5.13 Å². The number of likely N-dealkylation sites (tertiary alicyclic amines) is 1. The minimum Gasteiger partial charge on any atom is -0.375 e. The number of nitrogens with two attached hydrogens (primary N) is 1. The normalized spacial score (nSPS) is 21.2. The summed E-state index contributed by atoms with van der Waals surface area (Å²) in [5.41, 5.74) is 5.65. The monoisotopic (exact) mass is 264 g/mol. The lowest BCUT2D eigenvalue weighted by Crippen LogP contribution is -2.36. The Morgan fingerprint density at radius 1 is 1.50 bits per heavy atom. The molecule has 7 heteroatoms. The summed E-state index contributed by atoms with van der Waals surface area (Å²) < 4.78 is 1.97. The van der Waals surface area contributed by atoms with Crippen molar-refractivity contribution in [3.05, 3.63) is 23.7 Å². The minimum absolute atomic E-state index is 0.437. The van der Waals surface area contributed by atoms with Crippen LogP contribution in [0.15, 0.2) is 18.9 Å². The van der Waals surface area contributed by atoms with Crippen LogP contribution in [0.4, 0.5) is 5.13 Å². The van der Waals surface area contributed by atoms with Crippen LogP contribution >= 0.6 is 11.3 Å². The van der Waals surface area contributed by atoms with Crippen LogP contribution in [0.5, 0.6) is 0 Å². The van der Waals surface area contributed by atoms with E-state index in [4.69, 9.17) is 5.73 Å². The molecule has 0 saturated carbocycles. The zero-order valence-electron chi connectivity index (χ0n) is 10.1. The Balaban J connectivity index is 1.63. The second-order valence-corrected chi connectivity index (χ2v) is 5.72. The average molecular weight is 264 g/mol. The van der Waals surface area contributed by atoms with Gasteiger partial charge in [-0.15, -0.1) is 11.3 Å². The number of nitrogen functional groups attached to an aromatic ring is 1. The molecular weight excluding hydrogens is 248 g/mol. The lowest BCUT2D eigenvalue weighted by molar-refractivity contribution is 0.164. The molecule has 3 heterocycles. The lowest BCUT2D eigenvalue weighted by Gasteiger charge is -2.32. The van der Waals surface area contributed by atoms with E-state index in [9.17, 15) is 0 Å². The highest BCUT2D eigenvalue weighted by molar-refractivity contribution is 7.15. The van der Waals surface area contributed by atoms with Gasteiger partial charge in [0.25, 0.3) is 0 Å². The van der Waals surface area contributed by atoms with Crippen molar-refractivity contribution in [1.29, 1.82) is 0 Å². The minimum atomic E-state index is 0.437. The van der Waals surface area contributed by atoms with Gasteiger partial charge in [-0.25, -0.2) is 14.6 Å². The predicted octanol–water partition coefficient (Wildman–Crippen LogP) is 1.15. The lowest BCUT2D eigenvalue weighted by atomic mass is 10.1. The first-order chi connectivity index (χ1) is 8.81. The Morgan fingerprint density at radius 3 is 3.17 bits per heavy atom. The second-order valence-electron chi connectivity index (χ2n) is 4.57. The van der Waals surface area contributed by atoms with Gasteiger partial charge in [-0.1, -0.05) is 0 Å². The predicted molar refractivity (Wildman–Crippen MR) is 70.1 cm³/mol. The molecule has 1 saturated heterocycles. The zero-order chi connectivity index (χ0) is 12.4. The molecule has 0 aliphatic carbocycles. The van der Waals surface area contributed by atoms with Crippen LogP contribution < -0.4 is 5.73 Å². The van der Waals surface area contributed by atoms with Gasteiger partial charge >= 0.3 is 0 Å². The van der Waals surface area contributed by atoms with Crippen LogP contribution in [0, 0.1) is 0 Å². The molecule has 0 amide bonds. The average Bonchev–Trinajstić information content (AvgIpc) is 3.01. The highest BCUT2D eigenvalue weighted by Crippen LogP contribution is 2.23. The third-order valence-electron chi connectivity index (χ3n) is 3.24. The summed E-state index contributed by atoms with van der Waals surface area (Å²) in [6, 6.07) is 0.437. The van der Waals surface area contributed by atoms with E-state index in [0.29, 0.717) is 11.2 Å². The molecule has 1 fully saturated rings. The first-order valence-electron chi connectivity index (χ1n) is 6.08. The zero-order valence-corrected chi connectivity index (χ0v) is 10.9. The summed E-state index contributed by atoms with van der Waals surface area (Å²) >= 11 is 1.57. The number of piperidine rings is 1. The van der Waals surface area contributed by atoms with Crippen LogP contribution in [-0.4, -0.2) is 37.7 Å². The second kappa shape index (κ2) is 5.03. The quantitative estimate of drug-likeness (QED) is 0.900. The van der Waals surface area contributed by atoms with E-state index >= 15 is 0 Å². The Bertz CT molecular complexity index is 493. The van der Waals surface area contributed by atoms with Crippen molar-refractivity contribution in [1.82, 2.24) is 24.6 Å². The standard InChI is InChI=1S/C11H16N6S/c12-11-14-4-10(18-11)6-16-3-1-2-9(5-16)17-8-13-7-15-17/h4,7-9H,1-3,5-6H2,(H2,12,14). The summed E-state index contributed by atoms with van der Waals surface area (Å²) in [5, 5.41) is 4.88. The topological polar surface area (TPSA) is 72.9 Å². The van der Waals surface area contributed by atoms with Crippen molar-refractivity contribution >= 4 is 16.5 Å². The third kappa shape index (κ3) is 2.51. The van der Waals surface area contributed by atoms with Gasteiger partial charge in [0.1, 0.15) is 12.7 Å². The maximum Gasteiger partial charge on any atom is 0.180 e. The number of nitrogens with zero attached hydrogens (tertiary/aromatic N) is 5. The fraction of sp³-hybridized carbons (Fsp3) is 0.545. The molecule has 2 aromatic rings. The summed E-state index contributed by atoms with van der Waals surface area (Å²) in [6.07, 6.45) is 7.64. The molecule has 3 rings (SSSR count). The fourth-order valence-corrected chi connectivity index (χ4v) is 3.14. The fourth-order valence-electron chi connectivity index (χ4n) is 2.41. The number of aromatic nitrogens is 4. The Hall–Kier alpha value is -1.47. The summed E-state index contributed by atoms with van der Waals surface area (Å²) in [5.74, 6) is 0. The van der Waals surface area contributed by atoms with E-state index in [0.717, 1.165) is 19.6 Å². The SMILES string of the molecule is Nc1ncc(CN2CCCC(n3cncn3)C2)s1. The third-order valence-corrected chi connectivity index (χ3v) is 4.05. The van der Waals surface area contributed by atoms with E-state index in [1.54, 1.807) is 24.0 Å². The summed E-state index contributed by atoms with van der Waals surface area (Å²) in [6.45, 7) is 3.07. The smallest absolute Gasteiger partial charge is 0.180 e. The Morgan fingerprint density at radius 2 is 2.44 bits per heavy atom. The number of anilines is 1. The first-order valence-corrected chi connectivity index (χ1v) is 6.89. The van der Waals surface area contributed by atoms with Gasteiger partial charge in [-0.05, 0) is 19.4 Å². The molecule has 96 valence electrons. The molecule has 18 heavy (non-hydrogen) atoms. The van der Waals surface area contributed by atoms with Crippen LogP contribution in [0.2, 0.25) is 0 Å². The Labute approximate surface area is 109 Å². The molecule has 6 nitrogen and oxygen atoms in total. The molecule has 1 atom stereocenters. The number of hydrogen-bond acceptors (Lipinski definition) is 6. The molecule has 1 unspecified atom stereocenters. The summed E-state index contributed by atoms with van der Waals surface area (Å²) in [4.78, 5) is 11.8. The van der Waals surface area contributed by atoms with Crippen molar-refractivity contribution in [3.8, 4) is 0 Å². The summed E-state index contributed by atoms with van der Waals surface area (Å²) in [7, 11) is 0. The van der Waals surface area contributed by atoms with E-state index in [2.05, 4.69) is 20.0 Å². The largest absolute Gasteiger partial charge is 0.375 e.